The Hall–Kier alpha value is -6.04. The van der Waals surface area contributed by atoms with Crippen LogP contribution in [0.4, 0.5) is 4.79 Å². The molecule has 4 heterocycles. The Bertz CT molecular complexity index is 2300. The van der Waals surface area contributed by atoms with Gasteiger partial charge in [-0.25, -0.2) is 14.8 Å². The summed E-state index contributed by atoms with van der Waals surface area (Å²) in [7, 11) is 3.91. The molecule has 2 aliphatic heterocycles. The van der Waals surface area contributed by atoms with Crippen molar-refractivity contribution in [2.24, 2.45) is 0 Å². The number of aromatic amines is 2. The minimum Gasteiger partial charge on any atom is -0.444 e. The second kappa shape index (κ2) is 14.9. The lowest BCUT2D eigenvalue weighted by Crippen LogP contribution is -2.40. The fourth-order valence-electron chi connectivity index (χ4n) is 8.20. The number of carbonyl (C=O) groups is 2. The number of benzene rings is 4. The number of H-pyrrole nitrogens is 2. The lowest BCUT2D eigenvalue weighted by atomic mass is 10.0. The Morgan fingerprint density at radius 1 is 0.786 bits per heavy atom. The van der Waals surface area contributed by atoms with Crippen molar-refractivity contribution in [3.8, 4) is 33.6 Å². The molecule has 1 saturated carbocycles. The normalized spacial score (nSPS) is 19.1. The minimum atomic E-state index is -0.599. The number of nitrogens with zero attached hydrogens (tertiary/aromatic N) is 5. The molecular weight excluding hydrogens is 703 g/mol. The van der Waals surface area contributed by atoms with Crippen LogP contribution in [-0.2, 0) is 20.9 Å². The third-order valence-corrected chi connectivity index (χ3v) is 11.3. The van der Waals surface area contributed by atoms with Crippen LogP contribution in [0.15, 0.2) is 122 Å². The molecule has 2 amide bonds. The summed E-state index contributed by atoms with van der Waals surface area (Å²) in [5.74, 6) is 1.60. The number of nitrogens with one attached hydrogen (secondary N) is 2. The van der Waals surface area contributed by atoms with E-state index in [0.29, 0.717) is 19.0 Å². The van der Waals surface area contributed by atoms with Crippen molar-refractivity contribution in [2.75, 3.05) is 27.2 Å². The average molecular weight is 748 g/mol. The van der Waals surface area contributed by atoms with E-state index in [0.717, 1.165) is 76.3 Å². The van der Waals surface area contributed by atoms with E-state index in [1.54, 1.807) is 4.90 Å². The lowest BCUT2D eigenvalue weighted by molar-refractivity contribution is -0.137. The predicted molar refractivity (Wildman–Crippen MR) is 213 cm³/mol. The molecule has 1 aliphatic carbocycles. The van der Waals surface area contributed by atoms with Crippen molar-refractivity contribution in [3.63, 3.8) is 0 Å². The van der Waals surface area contributed by atoms with Crippen LogP contribution in [0.2, 0.25) is 0 Å². The molecular formula is C45H45N7O4. The van der Waals surface area contributed by atoms with Gasteiger partial charge in [-0.15, -0.1) is 0 Å². The first-order valence-electron chi connectivity index (χ1n) is 19.3. The molecule has 2 saturated heterocycles. The molecule has 0 unspecified atom stereocenters. The van der Waals surface area contributed by atoms with Crippen molar-refractivity contribution in [1.82, 2.24) is 34.6 Å². The van der Waals surface area contributed by atoms with Crippen LogP contribution in [0.5, 0.6) is 0 Å². The third-order valence-electron chi connectivity index (χ3n) is 11.3. The zero-order valence-electron chi connectivity index (χ0n) is 31.6. The maximum atomic E-state index is 13.9. The summed E-state index contributed by atoms with van der Waals surface area (Å²) >= 11 is 0. The topological polar surface area (TPSA) is 120 Å². The van der Waals surface area contributed by atoms with Crippen LogP contribution < -0.4 is 0 Å². The van der Waals surface area contributed by atoms with Crippen LogP contribution in [0, 0.1) is 0 Å². The van der Waals surface area contributed by atoms with E-state index in [-0.39, 0.29) is 36.7 Å². The third kappa shape index (κ3) is 6.88. The second-order valence-corrected chi connectivity index (χ2v) is 15.2. The van der Waals surface area contributed by atoms with Crippen LogP contribution >= 0.6 is 0 Å². The maximum absolute atomic E-state index is 13.9. The summed E-state index contributed by atoms with van der Waals surface area (Å²) < 4.78 is 11.9. The van der Waals surface area contributed by atoms with Gasteiger partial charge in [-0.1, -0.05) is 109 Å². The number of hydrogen-bond donors (Lipinski definition) is 2. The first-order valence-corrected chi connectivity index (χ1v) is 19.3. The SMILES string of the molecule is CN(C)[C@@H](C(=O)N1CCC[C@H]1c1ncc(-c2ccc(-c3ccc(-c4cnc([C@@H]5COC6(CC6)N5C(=O)OCc5ccccc5)[nH]4)cc3)cc2)[nH]1)c1ccccc1. The number of carbonyl (C=O) groups excluding carboxylic acids is 2. The Labute approximate surface area is 326 Å². The molecule has 3 fully saturated rings. The van der Waals surface area contributed by atoms with Gasteiger partial charge < -0.3 is 24.3 Å². The molecule has 6 aromatic rings. The molecule has 11 heteroatoms. The van der Waals surface area contributed by atoms with E-state index in [2.05, 4.69) is 58.5 Å². The Morgan fingerprint density at radius 2 is 1.34 bits per heavy atom. The molecule has 11 nitrogen and oxygen atoms in total. The van der Waals surface area contributed by atoms with Crippen molar-refractivity contribution in [3.05, 3.63) is 144 Å². The number of aromatic nitrogens is 4. The molecule has 4 aromatic carbocycles. The Balaban J connectivity index is 0.855. The highest BCUT2D eigenvalue weighted by molar-refractivity contribution is 5.84. The van der Waals surface area contributed by atoms with Gasteiger partial charge in [-0.05, 0) is 60.3 Å². The predicted octanol–water partition coefficient (Wildman–Crippen LogP) is 8.30. The summed E-state index contributed by atoms with van der Waals surface area (Å²) in [5.41, 5.74) is 7.33. The van der Waals surface area contributed by atoms with E-state index in [4.69, 9.17) is 19.4 Å². The van der Waals surface area contributed by atoms with Crippen molar-refractivity contribution >= 4 is 12.0 Å². The lowest BCUT2D eigenvalue weighted by Gasteiger charge is -2.31. The van der Waals surface area contributed by atoms with E-state index in [1.165, 1.54) is 0 Å². The Morgan fingerprint density at radius 3 is 1.91 bits per heavy atom. The number of hydrogen-bond acceptors (Lipinski definition) is 7. The molecule has 0 radical (unpaired) electrons. The van der Waals surface area contributed by atoms with Gasteiger partial charge in [0.15, 0.2) is 0 Å². The first kappa shape index (κ1) is 35.6. The molecule has 1 spiro atoms. The summed E-state index contributed by atoms with van der Waals surface area (Å²) in [5, 5.41) is 0. The van der Waals surface area contributed by atoms with Gasteiger partial charge in [0.1, 0.15) is 36.1 Å². The summed E-state index contributed by atoms with van der Waals surface area (Å²) in [4.78, 5) is 49.4. The monoisotopic (exact) mass is 747 g/mol. The van der Waals surface area contributed by atoms with Gasteiger partial charge in [0, 0.05) is 19.4 Å². The second-order valence-electron chi connectivity index (χ2n) is 15.2. The molecule has 3 aliphatic rings. The highest BCUT2D eigenvalue weighted by Gasteiger charge is 2.60. The van der Waals surface area contributed by atoms with E-state index in [1.807, 2.05) is 97.0 Å². The van der Waals surface area contributed by atoms with Gasteiger partial charge in [0.05, 0.1) is 36.4 Å². The molecule has 284 valence electrons. The van der Waals surface area contributed by atoms with Crippen LogP contribution in [0.3, 0.4) is 0 Å². The smallest absolute Gasteiger partial charge is 0.413 e. The summed E-state index contributed by atoms with van der Waals surface area (Å²) in [6.45, 7) is 1.29. The standard InChI is InChI=1S/C45H45N7O4/c1-50(2)40(35-12-7-4-8-13-35)43(53)51-25-9-14-38(51)41-46-26-36(48-41)33-19-15-31(16-20-33)32-17-21-34(22-18-32)37-27-47-42(49-37)39-29-56-45(23-24-45)52(39)44(54)55-28-30-10-5-3-6-11-30/h3-8,10-13,15-22,26-27,38-40H,9,14,23-25,28-29H2,1-2H3,(H,46,48)(H,47,49)/t38-,39-,40+/m0/s1. The molecule has 3 atom stereocenters. The van der Waals surface area contributed by atoms with Crippen molar-refractivity contribution in [2.45, 2.75) is 56.1 Å². The fraction of sp³-hybridized carbons (Fsp3) is 0.289. The number of ether oxygens (including phenoxy) is 2. The number of likely N-dealkylation sites (N-methyl/N-ethyl adjacent to an activating group) is 1. The van der Waals surface area contributed by atoms with Gasteiger partial charge in [0.25, 0.3) is 0 Å². The van der Waals surface area contributed by atoms with Crippen molar-refractivity contribution in [1.29, 1.82) is 0 Å². The molecule has 9 rings (SSSR count). The zero-order valence-corrected chi connectivity index (χ0v) is 31.6. The summed E-state index contributed by atoms with van der Waals surface area (Å²) in [6.07, 6.45) is 6.69. The van der Waals surface area contributed by atoms with Gasteiger partial charge in [-0.2, -0.15) is 0 Å². The van der Waals surface area contributed by atoms with E-state index >= 15 is 0 Å². The number of imidazole rings is 2. The van der Waals surface area contributed by atoms with Gasteiger partial charge in [-0.3, -0.25) is 14.6 Å². The van der Waals surface area contributed by atoms with Gasteiger partial charge >= 0.3 is 6.09 Å². The number of likely N-dealkylation sites (tertiary alicyclic amines) is 1. The van der Waals surface area contributed by atoms with Crippen molar-refractivity contribution < 1.29 is 19.1 Å². The minimum absolute atomic E-state index is 0.0899. The molecule has 0 bridgehead atoms. The molecule has 2 N–H and O–H groups in total. The van der Waals surface area contributed by atoms with E-state index in [9.17, 15) is 9.59 Å². The molecule has 56 heavy (non-hydrogen) atoms. The van der Waals surface area contributed by atoms with Crippen LogP contribution in [0.1, 0.15) is 66.6 Å². The number of amides is 2. The highest BCUT2D eigenvalue weighted by atomic mass is 16.6. The van der Waals surface area contributed by atoms with Crippen LogP contribution in [-0.4, -0.2) is 79.6 Å². The number of rotatable bonds is 10. The first-order chi connectivity index (χ1) is 27.4. The Kier molecular flexibility index (Phi) is 9.48. The summed E-state index contributed by atoms with van der Waals surface area (Å²) in [6, 6.07) is 35.7. The molecule has 2 aromatic heterocycles. The quantitative estimate of drug-likeness (QED) is 0.145. The van der Waals surface area contributed by atoms with Gasteiger partial charge in [0.2, 0.25) is 5.91 Å². The highest BCUT2D eigenvalue weighted by Crippen LogP contribution is 2.52. The average Bonchev–Trinajstić information content (AvgIpc) is 3.74. The fourth-order valence-corrected chi connectivity index (χ4v) is 8.20. The largest absolute Gasteiger partial charge is 0.444 e. The maximum Gasteiger partial charge on any atom is 0.413 e. The van der Waals surface area contributed by atoms with E-state index < -0.39 is 5.72 Å². The zero-order chi connectivity index (χ0) is 38.2. The van der Waals surface area contributed by atoms with Crippen LogP contribution in [0.25, 0.3) is 33.6 Å².